The van der Waals surface area contributed by atoms with E-state index in [1.807, 2.05) is 18.2 Å². The number of nitrogens with zero attached hydrogens (tertiary/aromatic N) is 3. The van der Waals surface area contributed by atoms with Crippen LogP contribution in [-0.4, -0.2) is 46.2 Å². The summed E-state index contributed by atoms with van der Waals surface area (Å²) in [5, 5.41) is 16.0. The van der Waals surface area contributed by atoms with Crippen LogP contribution in [0.1, 0.15) is 16.7 Å². The van der Waals surface area contributed by atoms with Gasteiger partial charge in [0.1, 0.15) is 18.9 Å². The molecule has 4 aromatic rings. The Kier molecular flexibility index (Phi) is 10.6. The van der Waals surface area contributed by atoms with Gasteiger partial charge in [-0.2, -0.15) is 5.10 Å². The first-order valence-corrected chi connectivity index (χ1v) is 15.1. The summed E-state index contributed by atoms with van der Waals surface area (Å²) in [6.07, 6.45) is 1.35. The minimum absolute atomic E-state index is 0.135. The van der Waals surface area contributed by atoms with Crippen LogP contribution in [0.5, 0.6) is 17.2 Å². The molecule has 0 saturated heterocycles. The molecule has 12 nitrogen and oxygen atoms in total. The normalized spacial score (nSPS) is 11.2. The predicted octanol–water partition coefficient (Wildman–Crippen LogP) is 5.50. The summed E-state index contributed by atoms with van der Waals surface area (Å²) in [5.74, 6) is 0.585. The molecule has 4 aromatic carbocycles. The molecule has 0 spiro atoms. The zero-order chi connectivity index (χ0) is 32.6. The number of sulfonamides is 1. The molecule has 0 bridgehead atoms. The topological polar surface area (TPSA) is 150 Å². The van der Waals surface area contributed by atoms with Crippen molar-refractivity contribution in [1.82, 2.24) is 5.43 Å². The van der Waals surface area contributed by atoms with Gasteiger partial charge in [-0.15, -0.1) is 0 Å². The molecule has 0 atom stereocenters. The molecule has 0 heterocycles. The van der Waals surface area contributed by atoms with Crippen LogP contribution in [0.3, 0.4) is 0 Å². The Labute approximate surface area is 265 Å². The number of rotatable bonds is 13. The Morgan fingerprint density at radius 2 is 1.73 bits per heavy atom. The second-order valence-electron chi connectivity index (χ2n) is 9.50. The van der Waals surface area contributed by atoms with Crippen molar-refractivity contribution in [3.05, 3.63) is 117 Å². The molecule has 1 N–H and O–H groups in total. The summed E-state index contributed by atoms with van der Waals surface area (Å²) in [6.45, 7) is 1.05. The monoisotopic (exact) mass is 652 g/mol. The van der Waals surface area contributed by atoms with Gasteiger partial charge in [0.05, 0.1) is 35.9 Å². The second-order valence-corrected chi connectivity index (χ2v) is 11.8. The van der Waals surface area contributed by atoms with Gasteiger partial charge in [0.15, 0.2) is 11.5 Å². The number of anilines is 1. The third-order valence-electron chi connectivity index (χ3n) is 6.54. The Balaban J connectivity index is 1.51. The minimum Gasteiger partial charge on any atom is -0.497 e. The van der Waals surface area contributed by atoms with Crippen molar-refractivity contribution in [3.8, 4) is 17.2 Å². The predicted molar refractivity (Wildman–Crippen MR) is 170 cm³/mol. The van der Waals surface area contributed by atoms with E-state index < -0.39 is 27.4 Å². The molecule has 0 fully saturated rings. The number of hydrogen-bond acceptors (Lipinski definition) is 9. The summed E-state index contributed by atoms with van der Waals surface area (Å²) in [4.78, 5) is 23.4. The number of hydrogen-bond donors (Lipinski definition) is 1. The van der Waals surface area contributed by atoms with Crippen molar-refractivity contribution in [1.29, 1.82) is 0 Å². The molecule has 0 saturated carbocycles. The maximum atomic E-state index is 13.7. The first-order chi connectivity index (χ1) is 21.5. The maximum absolute atomic E-state index is 13.7. The molecule has 14 heteroatoms. The van der Waals surface area contributed by atoms with E-state index in [-0.39, 0.29) is 22.9 Å². The van der Waals surface area contributed by atoms with Crippen LogP contribution in [0.4, 0.5) is 11.4 Å². The van der Waals surface area contributed by atoms with E-state index in [4.69, 9.17) is 25.8 Å². The third kappa shape index (κ3) is 8.08. The fourth-order valence-corrected chi connectivity index (χ4v) is 5.77. The summed E-state index contributed by atoms with van der Waals surface area (Å²) in [6, 6.07) is 21.8. The average molecular weight is 653 g/mol. The summed E-state index contributed by atoms with van der Waals surface area (Å²) in [7, 11) is -1.49. The SMILES string of the molecule is COc1ccc(N(CC(=O)NN=Cc2ccc(OCc3ccccc3Cl)c(OC)c2)S(=O)(=O)c2ccc(C)c([N+](=O)[O-])c2)cc1. The number of carbonyl (C=O) groups is 1. The maximum Gasteiger partial charge on any atom is 0.273 e. The Morgan fingerprint density at radius 3 is 2.40 bits per heavy atom. The van der Waals surface area contributed by atoms with Crippen molar-refractivity contribution in [2.75, 3.05) is 25.1 Å². The number of nitro groups is 1. The molecule has 0 unspecified atom stereocenters. The number of amides is 1. The van der Waals surface area contributed by atoms with Crippen molar-refractivity contribution in [3.63, 3.8) is 0 Å². The van der Waals surface area contributed by atoms with Crippen LogP contribution < -0.4 is 23.9 Å². The fourth-order valence-electron chi connectivity index (χ4n) is 4.14. The summed E-state index contributed by atoms with van der Waals surface area (Å²) in [5.41, 5.74) is 3.75. The summed E-state index contributed by atoms with van der Waals surface area (Å²) < 4.78 is 44.6. The third-order valence-corrected chi connectivity index (χ3v) is 8.68. The fraction of sp³-hybridized carbons (Fsp3) is 0.161. The van der Waals surface area contributed by atoms with E-state index in [1.165, 1.54) is 63.8 Å². The Bertz CT molecular complexity index is 1830. The number of ether oxygens (including phenoxy) is 3. The van der Waals surface area contributed by atoms with Gasteiger partial charge in [0.25, 0.3) is 21.6 Å². The molecule has 0 aromatic heterocycles. The Hall–Kier alpha value is -5.14. The molecule has 4 rings (SSSR count). The van der Waals surface area contributed by atoms with E-state index in [0.29, 0.717) is 33.4 Å². The number of nitrogens with one attached hydrogen (secondary N) is 1. The van der Waals surface area contributed by atoms with Crippen molar-refractivity contribution < 1.29 is 32.3 Å². The van der Waals surface area contributed by atoms with E-state index >= 15 is 0 Å². The van der Waals surface area contributed by atoms with Gasteiger partial charge in [0, 0.05) is 22.2 Å². The van der Waals surface area contributed by atoms with Crippen LogP contribution in [0, 0.1) is 17.0 Å². The zero-order valence-electron chi connectivity index (χ0n) is 24.5. The van der Waals surface area contributed by atoms with Gasteiger partial charge >= 0.3 is 0 Å². The van der Waals surface area contributed by atoms with E-state index in [2.05, 4.69) is 10.5 Å². The van der Waals surface area contributed by atoms with Crippen LogP contribution in [0.15, 0.2) is 94.9 Å². The van der Waals surface area contributed by atoms with Gasteiger partial charge < -0.3 is 14.2 Å². The highest BCUT2D eigenvalue weighted by molar-refractivity contribution is 7.92. The highest BCUT2D eigenvalue weighted by atomic mass is 35.5. The molecule has 45 heavy (non-hydrogen) atoms. The number of nitro benzene ring substituents is 1. The first-order valence-electron chi connectivity index (χ1n) is 13.3. The molecule has 0 aliphatic rings. The molecule has 234 valence electrons. The summed E-state index contributed by atoms with van der Waals surface area (Å²) >= 11 is 6.20. The lowest BCUT2D eigenvalue weighted by atomic mass is 10.2. The lowest BCUT2D eigenvalue weighted by Crippen LogP contribution is -2.39. The van der Waals surface area contributed by atoms with Gasteiger partial charge in [-0.05, 0) is 67.1 Å². The number of halogens is 1. The lowest BCUT2D eigenvalue weighted by molar-refractivity contribution is -0.385. The van der Waals surface area contributed by atoms with Crippen molar-refractivity contribution >= 4 is 45.1 Å². The van der Waals surface area contributed by atoms with Crippen LogP contribution in [0.25, 0.3) is 0 Å². The van der Waals surface area contributed by atoms with E-state index in [0.717, 1.165) is 15.9 Å². The zero-order valence-corrected chi connectivity index (χ0v) is 26.0. The number of benzene rings is 4. The minimum atomic E-state index is -4.42. The second kappa shape index (κ2) is 14.6. The molecular weight excluding hydrogens is 624 g/mol. The van der Waals surface area contributed by atoms with E-state index in [1.54, 1.807) is 24.3 Å². The van der Waals surface area contributed by atoms with Gasteiger partial charge in [-0.25, -0.2) is 13.8 Å². The largest absolute Gasteiger partial charge is 0.497 e. The Morgan fingerprint density at radius 1 is 1.00 bits per heavy atom. The van der Waals surface area contributed by atoms with Gasteiger partial charge in [0.2, 0.25) is 0 Å². The number of methoxy groups -OCH3 is 2. The van der Waals surface area contributed by atoms with Crippen molar-refractivity contribution in [2.45, 2.75) is 18.4 Å². The lowest BCUT2D eigenvalue weighted by Gasteiger charge is -2.24. The first kappa shape index (κ1) is 32.8. The number of aryl methyl sites for hydroxylation is 1. The molecule has 0 radical (unpaired) electrons. The number of hydrazone groups is 1. The highest BCUT2D eigenvalue weighted by Gasteiger charge is 2.29. The van der Waals surface area contributed by atoms with Gasteiger partial charge in [-0.3, -0.25) is 19.2 Å². The molecule has 0 aliphatic carbocycles. The molecular formula is C31H29ClN4O8S. The van der Waals surface area contributed by atoms with Crippen molar-refractivity contribution in [2.24, 2.45) is 5.10 Å². The molecule has 0 aliphatic heterocycles. The van der Waals surface area contributed by atoms with E-state index in [9.17, 15) is 23.3 Å². The number of carbonyl (C=O) groups excluding carboxylic acids is 1. The van der Waals surface area contributed by atoms with Crippen LogP contribution in [-0.2, 0) is 21.4 Å². The quantitative estimate of drug-likeness (QED) is 0.113. The smallest absolute Gasteiger partial charge is 0.273 e. The average Bonchev–Trinajstić information content (AvgIpc) is 3.03. The van der Waals surface area contributed by atoms with Gasteiger partial charge in [-0.1, -0.05) is 35.9 Å². The van der Waals surface area contributed by atoms with Crippen LogP contribution >= 0.6 is 11.6 Å². The molecule has 1 amide bonds. The standard InChI is InChI=1S/C31H29ClN4O8S/c1-21-8-14-26(17-28(21)36(38)39)45(40,41)35(24-10-12-25(42-2)13-11-24)19-31(37)34-33-18-22-9-15-29(30(16-22)43-3)44-20-23-6-4-5-7-27(23)32/h4-18H,19-20H2,1-3H3,(H,34,37). The van der Waals surface area contributed by atoms with Crippen LogP contribution in [0.2, 0.25) is 5.02 Å². The highest BCUT2D eigenvalue weighted by Crippen LogP contribution is 2.30.